The molecule has 8 heteroatoms. The molecule has 7 nitrogen and oxygen atoms in total. The Bertz CT molecular complexity index is 1420. The van der Waals surface area contributed by atoms with Crippen LogP contribution in [-0.4, -0.2) is 26.4 Å². The van der Waals surface area contributed by atoms with Gasteiger partial charge in [-0.25, -0.2) is 0 Å². The number of benzene rings is 2. The Balaban J connectivity index is 1.71. The zero-order valence-corrected chi connectivity index (χ0v) is 16.1. The molecule has 0 radical (unpaired) electrons. The van der Waals surface area contributed by atoms with Crippen molar-refractivity contribution in [2.24, 2.45) is 0 Å². The first-order valence-corrected chi connectivity index (χ1v) is 9.42. The van der Waals surface area contributed by atoms with E-state index in [1.54, 1.807) is 18.3 Å². The number of aromatic nitrogens is 4. The van der Waals surface area contributed by atoms with Gasteiger partial charge in [-0.1, -0.05) is 35.0 Å². The summed E-state index contributed by atoms with van der Waals surface area (Å²) in [6, 6.07) is 14.4. The lowest BCUT2D eigenvalue weighted by Crippen LogP contribution is -2.14. The number of aromatic amines is 1. The van der Waals surface area contributed by atoms with Crippen molar-refractivity contribution < 1.29 is 9.26 Å². The Morgan fingerprint density at radius 1 is 1.21 bits per heavy atom. The van der Waals surface area contributed by atoms with Gasteiger partial charge >= 0.3 is 0 Å². The SMILES string of the molecule is CCOc1cc(-c2cc(=O)n3ncc(-c4noc5ccccc45)c3[nH]2)ccc1Cl. The first-order valence-electron chi connectivity index (χ1n) is 9.04. The molecular weight excluding hydrogens is 392 g/mol. The van der Waals surface area contributed by atoms with E-state index < -0.39 is 0 Å². The molecule has 3 aromatic heterocycles. The number of halogens is 1. The first-order chi connectivity index (χ1) is 14.2. The second kappa shape index (κ2) is 6.79. The summed E-state index contributed by atoms with van der Waals surface area (Å²) in [5.74, 6) is 0.559. The minimum atomic E-state index is -0.263. The van der Waals surface area contributed by atoms with E-state index in [1.165, 1.54) is 10.6 Å². The molecule has 5 rings (SSSR count). The molecule has 0 aliphatic carbocycles. The number of rotatable bonds is 4. The average molecular weight is 407 g/mol. The maximum atomic E-state index is 12.7. The van der Waals surface area contributed by atoms with E-state index in [4.69, 9.17) is 20.9 Å². The number of para-hydroxylation sites is 1. The molecule has 0 aliphatic rings. The Morgan fingerprint density at radius 3 is 2.93 bits per heavy atom. The lowest BCUT2D eigenvalue weighted by atomic mass is 10.1. The summed E-state index contributed by atoms with van der Waals surface area (Å²) in [4.78, 5) is 16.0. The standard InChI is InChI=1S/C21H15ClN4O3/c1-2-28-18-9-12(7-8-15(18)22)16-10-19(27)26-21(24-16)14(11-23-26)20-13-5-3-4-6-17(13)29-25-20/h3-11,24H,2H2,1H3. The number of fused-ring (bicyclic) bond motifs is 2. The molecule has 0 fully saturated rings. The monoisotopic (exact) mass is 406 g/mol. The number of hydrogen-bond acceptors (Lipinski definition) is 5. The van der Waals surface area contributed by atoms with E-state index in [1.807, 2.05) is 37.3 Å². The van der Waals surface area contributed by atoms with Gasteiger partial charge in [-0.05, 0) is 31.2 Å². The van der Waals surface area contributed by atoms with Crippen molar-refractivity contribution in [3.8, 4) is 28.3 Å². The molecule has 29 heavy (non-hydrogen) atoms. The summed E-state index contributed by atoms with van der Waals surface area (Å²) in [7, 11) is 0. The van der Waals surface area contributed by atoms with Crippen LogP contribution >= 0.6 is 11.6 Å². The third kappa shape index (κ3) is 2.87. The fourth-order valence-corrected chi connectivity index (χ4v) is 3.50. The van der Waals surface area contributed by atoms with Crippen molar-refractivity contribution in [3.63, 3.8) is 0 Å². The van der Waals surface area contributed by atoms with Gasteiger partial charge in [0.15, 0.2) is 5.58 Å². The summed E-state index contributed by atoms with van der Waals surface area (Å²) in [6.07, 6.45) is 1.61. The molecule has 3 heterocycles. The number of ether oxygens (including phenoxy) is 1. The van der Waals surface area contributed by atoms with Gasteiger partial charge in [0, 0.05) is 17.0 Å². The summed E-state index contributed by atoms with van der Waals surface area (Å²) in [6.45, 7) is 2.38. The molecule has 144 valence electrons. The minimum absolute atomic E-state index is 0.263. The quantitative estimate of drug-likeness (QED) is 0.473. The smallest absolute Gasteiger partial charge is 0.274 e. The van der Waals surface area contributed by atoms with E-state index in [0.29, 0.717) is 45.6 Å². The maximum absolute atomic E-state index is 12.7. The zero-order valence-electron chi connectivity index (χ0n) is 15.3. The topological polar surface area (TPSA) is 85.4 Å². The summed E-state index contributed by atoms with van der Waals surface area (Å²) >= 11 is 6.19. The van der Waals surface area contributed by atoms with E-state index in [2.05, 4.69) is 15.2 Å². The fourth-order valence-electron chi connectivity index (χ4n) is 3.33. The van der Waals surface area contributed by atoms with Crippen LogP contribution < -0.4 is 10.3 Å². The van der Waals surface area contributed by atoms with Crippen LogP contribution in [0.1, 0.15) is 6.92 Å². The van der Waals surface area contributed by atoms with Crippen LogP contribution in [0.5, 0.6) is 5.75 Å². The van der Waals surface area contributed by atoms with E-state index in [0.717, 1.165) is 10.9 Å². The van der Waals surface area contributed by atoms with Gasteiger partial charge in [0.1, 0.15) is 17.1 Å². The van der Waals surface area contributed by atoms with Crippen LogP contribution in [0.2, 0.25) is 5.02 Å². The predicted octanol–water partition coefficient (Wildman–Crippen LogP) is 4.55. The zero-order chi connectivity index (χ0) is 20.0. The third-order valence-corrected chi connectivity index (χ3v) is 4.99. The van der Waals surface area contributed by atoms with Crippen molar-refractivity contribution in [1.82, 2.24) is 19.8 Å². The Morgan fingerprint density at radius 2 is 2.07 bits per heavy atom. The van der Waals surface area contributed by atoms with Crippen LogP contribution in [0.15, 0.2) is 64.0 Å². The highest BCUT2D eigenvalue weighted by molar-refractivity contribution is 6.32. The van der Waals surface area contributed by atoms with Crippen LogP contribution in [0.3, 0.4) is 0 Å². The fraction of sp³-hybridized carbons (Fsp3) is 0.0952. The molecular formula is C21H15ClN4O3. The molecule has 5 aromatic rings. The summed E-state index contributed by atoms with van der Waals surface area (Å²) in [5, 5.41) is 9.76. The Hall–Kier alpha value is -3.58. The average Bonchev–Trinajstić information content (AvgIpc) is 3.34. The number of hydrogen-bond donors (Lipinski definition) is 1. The molecule has 0 atom stereocenters. The first kappa shape index (κ1) is 17.5. The van der Waals surface area contributed by atoms with Gasteiger partial charge in [0.25, 0.3) is 5.56 Å². The van der Waals surface area contributed by atoms with Crippen LogP contribution in [-0.2, 0) is 0 Å². The van der Waals surface area contributed by atoms with Crippen LogP contribution in [0, 0.1) is 0 Å². The second-order valence-electron chi connectivity index (χ2n) is 6.45. The molecule has 0 amide bonds. The van der Waals surface area contributed by atoms with Gasteiger partial charge < -0.3 is 14.2 Å². The molecule has 0 saturated heterocycles. The molecule has 2 aromatic carbocycles. The molecule has 0 unspecified atom stereocenters. The lowest BCUT2D eigenvalue weighted by Gasteiger charge is -2.09. The highest BCUT2D eigenvalue weighted by atomic mass is 35.5. The van der Waals surface area contributed by atoms with Crippen molar-refractivity contribution in [3.05, 3.63) is 70.1 Å². The molecule has 1 N–H and O–H groups in total. The van der Waals surface area contributed by atoms with Gasteiger partial charge in [0.2, 0.25) is 0 Å². The van der Waals surface area contributed by atoms with Crippen molar-refractivity contribution in [2.45, 2.75) is 6.92 Å². The number of nitrogens with one attached hydrogen (secondary N) is 1. The van der Waals surface area contributed by atoms with E-state index in [9.17, 15) is 4.79 Å². The van der Waals surface area contributed by atoms with Gasteiger partial charge in [-0.15, -0.1) is 0 Å². The number of nitrogens with zero attached hydrogens (tertiary/aromatic N) is 3. The van der Waals surface area contributed by atoms with E-state index >= 15 is 0 Å². The minimum Gasteiger partial charge on any atom is -0.492 e. The van der Waals surface area contributed by atoms with Crippen molar-refractivity contribution in [2.75, 3.05) is 6.61 Å². The molecule has 0 aliphatic heterocycles. The van der Waals surface area contributed by atoms with Crippen molar-refractivity contribution >= 4 is 28.2 Å². The highest BCUT2D eigenvalue weighted by Gasteiger charge is 2.17. The Labute approximate surface area is 169 Å². The molecule has 0 spiro atoms. The second-order valence-corrected chi connectivity index (χ2v) is 6.85. The van der Waals surface area contributed by atoms with E-state index in [-0.39, 0.29) is 5.56 Å². The Kier molecular flexibility index (Phi) is 4.10. The van der Waals surface area contributed by atoms with Crippen molar-refractivity contribution in [1.29, 1.82) is 0 Å². The molecule has 0 saturated carbocycles. The third-order valence-electron chi connectivity index (χ3n) is 4.67. The largest absolute Gasteiger partial charge is 0.492 e. The lowest BCUT2D eigenvalue weighted by molar-refractivity contribution is 0.340. The maximum Gasteiger partial charge on any atom is 0.274 e. The highest BCUT2D eigenvalue weighted by Crippen LogP contribution is 2.32. The summed E-state index contributed by atoms with van der Waals surface area (Å²) in [5.41, 5.74) is 3.62. The van der Waals surface area contributed by atoms with Gasteiger partial charge in [0.05, 0.1) is 29.1 Å². The molecule has 0 bridgehead atoms. The number of H-pyrrole nitrogens is 1. The van der Waals surface area contributed by atoms with Crippen LogP contribution in [0.25, 0.3) is 39.1 Å². The van der Waals surface area contributed by atoms with Gasteiger partial charge in [-0.3, -0.25) is 4.79 Å². The van der Waals surface area contributed by atoms with Crippen LogP contribution in [0.4, 0.5) is 0 Å². The van der Waals surface area contributed by atoms with Gasteiger partial charge in [-0.2, -0.15) is 9.61 Å². The predicted molar refractivity (Wildman–Crippen MR) is 110 cm³/mol. The summed E-state index contributed by atoms with van der Waals surface area (Å²) < 4.78 is 12.3. The normalized spacial score (nSPS) is 11.4.